The minimum absolute atomic E-state index is 0.0789. The Kier molecular flexibility index (Phi) is 5.81. The summed E-state index contributed by atoms with van der Waals surface area (Å²) < 4.78 is 23.9. The zero-order chi connectivity index (χ0) is 15.3. The van der Waals surface area contributed by atoms with Crippen molar-refractivity contribution >= 4 is 27.1 Å². The summed E-state index contributed by atoms with van der Waals surface area (Å²) in [5.74, 6) is 0.717. The number of sulfone groups is 1. The highest BCUT2D eigenvalue weighted by Gasteiger charge is 2.18. The lowest BCUT2D eigenvalue weighted by atomic mass is 9.87. The maximum Gasteiger partial charge on any atom is 0.220 e. The molecule has 1 saturated carbocycles. The Bertz CT molecular complexity index is 571. The number of carbonyl (C=O) groups is 1. The molecule has 6 heteroatoms. The molecule has 1 fully saturated rings. The van der Waals surface area contributed by atoms with Crippen molar-refractivity contribution in [1.82, 2.24) is 5.32 Å². The van der Waals surface area contributed by atoms with Crippen molar-refractivity contribution in [1.29, 1.82) is 0 Å². The predicted molar refractivity (Wildman–Crippen MR) is 85.1 cm³/mol. The first-order valence-electron chi connectivity index (χ1n) is 7.59. The van der Waals surface area contributed by atoms with Crippen LogP contribution in [-0.4, -0.2) is 20.1 Å². The van der Waals surface area contributed by atoms with Crippen LogP contribution < -0.4 is 5.32 Å². The third kappa shape index (κ3) is 4.81. The first-order chi connectivity index (χ1) is 10.0. The van der Waals surface area contributed by atoms with Crippen LogP contribution in [0, 0.1) is 5.92 Å². The van der Waals surface area contributed by atoms with Crippen LogP contribution in [-0.2, 0) is 21.2 Å². The molecule has 1 aliphatic carbocycles. The zero-order valence-corrected chi connectivity index (χ0v) is 14.1. The van der Waals surface area contributed by atoms with Gasteiger partial charge in [0.15, 0.2) is 9.84 Å². The van der Waals surface area contributed by atoms with Crippen LogP contribution >= 0.6 is 11.3 Å². The second kappa shape index (κ2) is 7.40. The van der Waals surface area contributed by atoms with Crippen molar-refractivity contribution in [2.24, 2.45) is 5.92 Å². The van der Waals surface area contributed by atoms with E-state index in [9.17, 15) is 13.2 Å². The molecule has 118 valence electrons. The summed E-state index contributed by atoms with van der Waals surface area (Å²) in [6, 6.07) is 3.42. The van der Waals surface area contributed by atoms with Crippen molar-refractivity contribution < 1.29 is 13.2 Å². The third-order valence-electron chi connectivity index (χ3n) is 3.98. The Morgan fingerprint density at radius 3 is 2.67 bits per heavy atom. The summed E-state index contributed by atoms with van der Waals surface area (Å²) in [5.41, 5.74) is 0. The molecule has 4 nitrogen and oxygen atoms in total. The molecule has 0 radical (unpaired) electrons. The molecule has 1 aromatic heterocycles. The molecule has 21 heavy (non-hydrogen) atoms. The highest BCUT2D eigenvalue weighted by atomic mass is 32.2. The normalized spacial score (nSPS) is 16.8. The molecule has 0 spiro atoms. The lowest BCUT2D eigenvalue weighted by molar-refractivity contribution is -0.122. The van der Waals surface area contributed by atoms with E-state index in [0.717, 1.165) is 17.7 Å². The van der Waals surface area contributed by atoms with Crippen LogP contribution in [0.15, 0.2) is 16.3 Å². The summed E-state index contributed by atoms with van der Waals surface area (Å²) in [6.07, 6.45) is 6.69. The van der Waals surface area contributed by atoms with Gasteiger partial charge >= 0.3 is 0 Å². The van der Waals surface area contributed by atoms with Crippen LogP contribution in [0.25, 0.3) is 0 Å². The van der Waals surface area contributed by atoms with Gasteiger partial charge in [0.25, 0.3) is 0 Å². The fourth-order valence-corrected chi connectivity index (χ4v) is 5.09. The first-order valence-corrected chi connectivity index (χ1v) is 10.1. The van der Waals surface area contributed by atoms with Gasteiger partial charge in [0, 0.05) is 11.3 Å². The second-order valence-electron chi connectivity index (χ2n) is 5.61. The van der Waals surface area contributed by atoms with Gasteiger partial charge < -0.3 is 5.32 Å². The Morgan fingerprint density at radius 1 is 1.29 bits per heavy atom. The zero-order valence-electron chi connectivity index (χ0n) is 12.4. The fraction of sp³-hybridized carbons (Fsp3) is 0.667. The Hall–Kier alpha value is -0.880. The van der Waals surface area contributed by atoms with Gasteiger partial charge in [-0.15, -0.1) is 11.3 Å². The topological polar surface area (TPSA) is 63.2 Å². The average Bonchev–Trinajstić information content (AvgIpc) is 2.96. The first kappa shape index (κ1) is 16.5. The van der Waals surface area contributed by atoms with Crippen LogP contribution in [0.5, 0.6) is 0 Å². The van der Waals surface area contributed by atoms with Gasteiger partial charge in [-0.25, -0.2) is 8.42 Å². The van der Waals surface area contributed by atoms with E-state index in [0.29, 0.717) is 23.1 Å². The Balaban J connectivity index is 1.81. The molecule has 0 unspecified atom stereocenters. The van der Waals surface area contributed by atoms with Crippen molar-refractivity contribution in [3.63, 3.8) is 0 Å². The number of hydrogen-bond donors (Lipinski definition) is 1. The summed E-state index contributed by atoms with van der Waals surface area (Å²) in [4.78, 5) is 12.8. The van der Waals surface area contributed by atoms with Crippen molar-refractivity contribution in [2.45, 2.75) is 56.2 Å². The summed E-state index contributed by atoms with van der Waals surface area (Å²) in [5, 5.41) is 2.91. The summed E-state index contributed by atoms with van der Waals surface area (Å²) in [6.45, 7) is 2.07. The van der Waals surface area contributed by atoms with Crippen LogP contribution in [0.2, 0.25) is 0 Å². The average molecular weight is 329 g/mol. The molecule has 0 bridgehead atoms. The number of nitrogens with one attached hydrogen (secondary N) is 1. The van der Waals surface area contributed by atoms with E-state index in [1.165, 1.54) is 30.6 Å². The van der Waals surface area contributed by atoms with Crippen LogP contribution in [0.3, 0.4) is 0 Å². The number of hydrogen-bond acceptors (Lipinski definition) is 4. The summed E-state index contributed by atoms with van der Waals surface area (Å²) >= 11 is 1.25. The quantitative estimate of drug-likeness (QED) is 0.872. The van der Waals surface area contributed by atoms with Crippen molar-refractivity contribution in [2.75, 3.05) is 5.75 Å². The molecule has 1 amide bonds. The molecule has 0 saturated heterocycles. The standard InChI is InChI=1S/C15H23NO3S2/c1-2-21(18,19)15-9-8-13(20-15)11-16-14(17)10-12-6-4-3-5-7-12/h8-9,12H,2-7,10-11H2,1H3,(H,16,17). The number of rotatable bonds is 6. The maximum absolute atomic E-state index is 11.9. The van der Waals surface area contributed by atoms with Gasteiger partial charge in [0.2, 0.25) is 5.91 Å². The molecule has 1 heterocycles. The number of thiophene rings is 1. The predicted octanol–water partition coefficient (Wildman–Crippen LogP) is 3.13. The molecule has 0 aliphatic heterocycles. The minimum atomic E-state index is -3.13. The highest BCUT2D eigenvalue weighted by molar-refractivity contribution is 7.93. The number of carbonyl (C=O) groups excluding carboxylic acids is 1. The SMILES string of the molecule is CCS(=O)(=O)c1ccc(CNC(=O)CC2CCCCC2)s1. The Labute approximate surface area is 130 Å². The van der Waals surface area contributed by atoms with Crippen LogP contribution in [0.4, 0.5) is 0 Å². The molecular formula is C15H23NO3S2. The smallest absolute Gasteiger partial charge is 0.220 e. The molecule has 0 atom stereocenters. The monoisotopic (exact) mass is 329 g/mol. The fourth-order valence-electron chi connectivity index (χ4n) is 2.67. The van der Waals surface area contributed by atoms with Gasteiger partial charge in [0.05, 0.1) is 12.3 Å². The van der Waals surface area contributed by atoms with E-state index in [2.05, 4.69) is 5.32 Å². The van der Waals surface area contributed by atoms with Gasteiger partial charge in [-0.2, -0.15) is 0 Å². The lowest BCUT2D eigenvalue weighted by Crippen LogP contribution is -2.25. The van der Waals surface area contributed by atoms with Gasteiger partial charge in [-0.3, -0.25) is 4.79 Å². The van der Waals surface area contributed by atoms with E-state index in [1.54, 1.807) is 19.1 Å². The van der Waals surface area contributed by atoms with E-state index < -0.39 is 9.84 Å². The van der Waals surface area contributed by atoms with E-state index in [4.69, 9.17) is 0 Å². The largest absolute Gasteiger partial charge is 0.351 e. The summed E-state index contributed by atoms with van der Waals surface area (Å²) in [7, 11) is -3.13. The lowest BCUT2D eigenvalue weighted by Gasteiger charge is -2.20. The second-order valence-corrected chi connectivity index (χ2v) is 9.28. The number of amides is 1. The van der Waals surface area contributed by atoms with E-state index >= 15 is 0 Å². The third-order valence-corrected chi connectivity index (χ3v) is 7.38. The molecule has 1 N–H and O–H groups in total. The molecule has 1 aliphatic rings. The van der Waals surface area contributed by atoms with Crippen LogP contribution in [0.1, 0.15) is 50.3 Å². The van der Waals surface area contributed by atoms with Gasteiger partial charge in [-0.1, -0.05) is 26.2 Å². The highest BCUT2D eigenvalue weighted by Crippen LogP contribution is 2.26. The van der Waals surface area contributed by atoms with Crippen molar-refractivity contribution in [3.05, 3.63) is 17.0 Å². The van der Waals surface area contributed by atoms with Crippen molar-refractivity contribution in [3.8, 4) is 0 Å². The maximum atomic E-state index is 11.9. The molecule has 1 aromatic rings. The molecule has 0 aromatic carbocycles. The molecule has 2 rings (SSSR count). The molecular weight excluding hydrogens is 306 g/mol. The Morgan fingerprint density at radius 2 is 2.00 bits per heavy atom. The minimum Gasteiger partial charge on any atom is -0.351 e. The van der Waals surface area contributed by atoms with Gasteiger partial charge in [-0.05, 0) is 30.9 Å². The van der Waals surface area contributed by atoms with E-state index in [-0.39, 0.29) is 11.7 Å². The van der Waals surface area contributed by atoms with E-state index in [1.807, 2.05) is 0 Å². The van der Waals surface area contributed by atoms with Gasteiger partial charge in [0.1, 0.15) is 4.21 Å².